The second-order valence-electron chi connectivity index (χ2n) is 5.91. The molecule has 0 aliphatic heterocycles. The predicted octanol–water partition coefficient (Wildman–Crippen LogP) is 1.96. The highest BCUT2D eigenvalue weighted by Gasteiger charge is 2.11. The van der Waals surface area contributed by atoms with Gasteiger partial charge >= 0.3 is 0 Å². The minimum absolute atomic E-state index is 0.322. The van der Waals surface area contributed by atoms with Gasteiger partial charge in [0, 0.05) is 22.3 Å². The molecular formula is C20H19N5O4. The van der Waals surface area contributed by atoms with Crippen LogP contribution in [0.5, 0.6) is 11.5 Å². The first kappa shape index (κ1) is 19.6. The maximum absolute atomic E-state index is 12.2. The van der Waals surface area contributed by atoms with Crippen LogP contribution < -0.4 is 20.6 Å². The number of hydrogen-bond acceptors (Lipinski definition) is 6. The molecule has 0 aliphatic carbocycles. The fourth-order valence-electron chi connectivity index (χ4n) is 2.63. The van der Waals surface area contributed by atoms with Gasteiger partial charge in [-0.15, -0.1) is 0 Å². The van der Waals surface area contributed by atoms with E-state index < -0.39 is 11.8 Å². The second kappa shape index (κ2) is 8.70. The number of hydrogen-bond donors (Lipinski definition) is 3. The third-order valence-electron chi connectivity index (χ3n) is 4.14. The summed E-state index contributed by atoms with van der Waals surface area (Å²) < 4.78 is 10.6. The predicted molar refractivity (Wildman–Crippen MR) is 107 cm³/mol. The monoisotopic (exact) mass is 393 g/mol. The summed E-state index contributed by atoms with van der Waals surface area (Å²) in [5.74, 6) is 0.210. The molecule has 0 atom stereocenters. The van der Waals surface area contributed by atoms with Gasteiger partial charge in [0.05, 0.1) is 32.3 Å². The Bertz CT molecular complexity index is 1060. The van der Waals surface area contributed by atoms with Crippen molar-refractivity contribution in [2.24, 2.45) is 10.8 Å². The van der Waals surface area contributed by atoms with Crippen molar-refractivity contribution in [2.45, 2.75) is 0 Å². The summed E-state index contributed by atoms with van der Waals surface area (Å²) in [7, 11) is 3.12. The second-order valence-corrected chi connectivity index (χ2v) is 5.91. The van der Waals surface area contributed by atoms with Gasteiger partial charge in [0.2, 0.25) is 5.91 Å². The quantitative estimate of drug-likeness (QED) is 0.417. The van der Waals surface area contributed by atoms with E-state index in [-0.39, 0.29) is 0 Å². The van der Waals surface area contributed by atoms with Crippen LogP contribution in [0.1, 0.15) is 26.3 Å². The highest BCUT2D eigenvalue weighted by Crippen LogP contribution is 2.32. The molecule has 3 aromatic rings. The molecule has 29 heavy (non-hydrogen) atoms. The number of primary amides is 1. The van der Waals surface area contributed by atoms with E-state index in [4.69, 9.17) is 15.2 Å². The Kier molecular flexibility index (Phi) is 5.88. The van der Waals surface area contributed by atoms with Crippen LogP contribution in [-0.4, -0.2) is 42.4 Å². The van der Waals surface area contributed by atoms with Crippen molar-refractivity contribution in [3.63, 3.8) is 0 Å². The van der Waals surface area contributed by atoms with E-state index in [0.717, 1.165) is 5.56 Å². The summed E-state index contributed by atoms with van der Waals surface area (Å²) in [6, 6.07) is 11.4. The summed E-state index contributed by atoms with van der Waals surface area (Å²) in [6.45, 7) is 0. The van der Waals surface area contributed by atoms with Crippen LogP contribution in [0.2, 0.25) is 0 Å². The van der Waals surface area contributed by atoms with Crippen LogP contribution >= 0.6 is 0 Å². The zero-order valence-electron chi connectivity index (χ0n) is 15.8. The molecule has 0 spiro atoms. The molecule has 0 aliphatic rings. The molecule has 2 aromatic carbocycles. The number of aromatic nitrogens is 2. The first-order valence-electron chi connectivity index (χ1n) is 8.52. The summed E-state index contributed by atoms with van der Waals surface area (Å²) in [5.41, 5.74) is 10.5. The summed E-state index contributed by atoms with van der Waals surface area (Å²) in [6.07, 6.45) is 3.06. The van der Waals surface area contributed by atoms with Crippen molar-refractivity contribution in [2.75, 3.05) is 14.2 Å². The van der Waals surface area contributed by atoms with Gasteiger partial charge in [0.15, 0.2) is 11.5 Å². The lowest BCUT2D eigenvalue weighted by atomic mass is 10.1. The van der Waals surface area contributed by atoms with E-state index in [0.29, 0.717) is 33.9 Å². The minimum Gasteiger partial charge on any atom is -0.493 e. The number of nitrogens with one attached hydrogen (secondary N) is 2. The van der Waals surface area contributed by atoms with Gasteiger partial charge in [-0.05, 0) is 42.5 Å². The van der Waals surface area contributed by atoms with Crippen LogP contribution in [-0.2, 0) is 0 Å². The number of amides is 2. The topological polar surface area (TPSA) is 132 Å². The molecule has 1 heterocycles. The zero-order chi connectivity index (χ0) is 20.8. The van der Waals surface area contributed by atoms with E-state index in [9.17, 15) is 9.59 Å². The molecule has 0 saturated carbocycles. The lowest BCUT2D eigenvalue weighted by molar-refractivity contribution is 0.0952. The number of nitrogens with zero attached hydrogens (tertiary/aromatic N) is 2. The van der Waals surface area contributed by atoms with Crippen LogP contribution in [0, 0.1) is 0 Å². The average molecular weight is 393 g/mol. The van der Waals surface area contributed by atoms with Crippen molar-refractivity contribution in [3.8, 4) is 22.8 Å². The summed E-state index contributed by atoms with van der Waals surface area (Å²) in [4.78, 5) is 23.3. The number of aromatic amines is 1. The molecule has 2 amide bonds. The Labute approximate surface area is 166 Å². The van der Waals surface area contributed by atoms with Crippen molar-refractivity contribution < 1.29 is 19.1 Å². The van der Waals surface area contributed by atoms with Gasteiger partial charge in [-0.1, -0.05) is 0 Å². The van der Waals surface area contributed by atoms with E-state index in [1.807, 2.05) is 12.1 Å². The molecule has 0 fully saturated rings. The van der Waals surface area contributed by atoms with Gasteiger partial charge in [0.25, 0.3) is 5.91 Å². The van der Waals surface area contributed by atoms with Crippen LogP contribution in [0.25, 0.3) is 11.3 Å². The molecule has 148 valence electrons. The number of nitrogens with two attached hydrogens (primary N) is 1. The minimum atomic E-state index is -0.558. The lowest BCUT2D eigenvalue weighted by Crippen LogP contribution is -2.18. The molecule has 9 heteroatoms. The van der Waals surface area contributed by atoms with E-state index in [1.165, 1.54) is 30.5 Å². The molecule has 0 radical (unpaired) electrons. The number of rotatable bonds is 7. The number of H-pyrrole nitrogens is 1. The number of carbonyl (C=O) groups excluding carboxylic acids is 2. The summed E-state index contributed by atoms with van der Waals surface area (Å²) in [5, 5.41) is 10.9. The number of benzene rings is 2. The molecule has 0 saturated heterocycles. The Balaban J connectivity index is 1.73. The maximum atomic E-state index is 12.2. The normalized spacial score (nSPS) is 10.7. The average Bonchev–Trinajstić information content (AvgIpc) is 3.21. The smallest absolute Gasteiger partial charge is 0.271 e. The zero-order valence-corrected chi connectivity index (χ0v) is 15.8. The van der Waals surface area contributed by atoms with Crippen molar-refractivity contribution in [1.82, 2.24) is 15.6 Å². The number of ether oxygens (including phenoxy) is 2. The SMILES string of the molecule is COc1ccc(-c2[nH]ncc2/C=N/NC(=O)c2ccc(C(N)=O)cc2)cc1OC. The Morgan fingerprint density at radius 3 is 2.41 bits per heavy atom. The first-order chi connectivity index (χ1) is 14.0. The first-order valence-corrected chi connectivity index (χ1v) is 8.52. The lowest BCUT2D eigenvalue weighted by Gasteiger charge is -2.09. The third kappa shape index (κ3) is 4.41. The van der Waals surface area contributed by atoms with Gasteiger partial charge in [-0.2, -0.15) is 10.2 Å². The van der Waals surface area contributed by atoms with Crippen LogP contribution in [0.4, 0.5) is 0 Å². The fourth-order valence-corrected chi connectivity index (χ4v) is 2.63. The Morgan fingerprint density at radius 2 is 1.76 bits per heavy atom. The molecule has 3 rings (SSSR count). The number of carbonyl (C=O) groups is 2. The Morgan fingerprint density at radius 1 is 1.07 bits per heavy atom. The maximum Gasteiger partial charge on any atom is 0.271 e. The van der Waals surface area contributed by atoms with Gasteiger partial charge in [-0.25, -0.2) is 5.43 Å². The Hall–Kier alpha value is -4.14. The highest BCUT2D eigenvalue weighted by molar-refractivity contribution is 5.98. The molecule has 1 aromatic heterocycles. The van der Waals surface area contributed by atoms with Crippen molar-refractivity contribution in [1.29, 1.82) is 0 Å². The van der Waals surface area contributed by atoms with Crippen LogP contribution in [0.3, 0.4) is 0 Å². The fraction of sp³-hybridized carbons (Fsp3) is 0.100. The van der Waals surface area contributed by atoms with Crippen LogP contribution in [0.15, 0.2) is 53.8 Å². The molecule has 0 bridgehead atoms. The van der Waals surface area contributed by atoms with E-state index in [1.54, 1.807) is 26.5 Å². The van der Waals surface area contributed by atoms with Gasteiger partial charge in [0.1, 0.15) is 0 Å². The molecular weight excluding hydrogens is 374 g/mol. The molecule has 4 N–H and O–H groups in total. The number of hydrazone groups is 1. The third-order valence-corrected chi connectivity index (χ3v) is 4.14. The largest absolute Gasteiger partial charge is 0.493 e. The standard InChI is InChI=1S/C20H19N5O4/c1-28-16-8-7-14(9-17(16)29-2)18-15(10-22-24-18)11-23-25-20(27)13-5-3-12(4-6-13)19(21)26/h3-11H,1-2H3,(H2,21,26)(H,22,24)(H,25,27)/b23-11+. The van der Waals surface area contributed by atoms with Crippen molar-refractivity contribution >= 4 is 18.0 Å². The molecule has 9 nitrogen and oxygen atoms in total. The number of methoxy groups -OCH3 is 2. The van der Waals surface area contributed by atoms with E-state index >= 15 is 0 Å². The summed E-state index contributed by atoms with van der Waals surface area (Å²) >= 11 is 0. The van der Waals surface area contributed by atoms with Gasteiger partial charge < -0.3 is 15.2 Å². The van der Waals surface area contributed by atoms with E-state index in [2.05, 4.69) is 20.7 Å². The molecule has 0 unspecified atom stereocenters. The highest BCUT2D eigenvalue weighted by atomic mass is 16.5. The van der Waals surface area contributed by atoms with Crippen molar-refractivity contribution in [3.05, 3.63) is 65.4 Å². The van der Waals surface area contributed by atoms with Gasteiger partial charge in [-0.3, -0.25) is 14.7 Å².